The number of rotatable bonds is 6. The molecule has 1 heterocycles. The molecule has 0 fully saturated rings. The van der Waals surface area contributed by atoms with Crippen LogP contribution < -0.4 is 15.4 Å². The Bertz CT molecular complexity index is 486. The smallest absolute Gasteiger partial charge is 0.262 e. The lowest BCUT2D eigenvalue weighted by atomic mass is 10.0. The second-order valence-electron chi connectivity index (χ2n) is 5.52. The molecule has 2 rings (SSSR count). The van der Waals surface area contributed by atoms with Crippen LogP contribution in [0.4, 0.5) is 5.69 Å². The van der Waals surface area contributed by atoms with Crippen molar-refractivity contribution in [3.63, 3.8) is 0 Å². The molecule has 5 nitrogen and oxygen atoms in total. The van der Waals surface area contributed by atoms with E-state index in [9.17, 15) is 9.90 Å². The van der Waals surface area contributed by atoms with Crippen LogP contribution in [0.3, 0.4) is 0 Å². The molecule has 110 valence electrons. The molecule has 3 N–H and O–H groups in total. The predicted molar refractivity (Wildman–Crippen MR) is 77.8 cm³/mol. The van der Waals surface area contributed by atoms with Gasteiger partial charge in [0.15, 0.2) is 6.61 Å². The zero-order valence-electron chi connectivity index (χ0n) is 12.0. The molecule has 1 aliphatic rings. The van der Waals surface area contributed by atoms with Gasteiger partial charge in [0.1, 0.15) is 5.75 Å². The molecule has 1 aromatic rings. The fraction of sp³-hybridized carbons (Fsp3) is 0.533. The SMILES string of the molecule is CCCC(C)(O)CNCc1ccc2c(c1)NC(=O)CO2. The molecule has 0 radical (unpaired) electrons. The summed E-state index contributed by atoms with van der Waals surface area (Å²) in [5.41, 5.74) is 1.07. The Labute approximate surface area is 119 Å². The molecule has 1 atom stereocenters. The Balaban J connectivity index is 1.91. The average Bonchev–Trinajstić information content (AvgIpc) is 2.38. The first-order valence-corrected chi connectivity index (χ1v) is 6.99. The first-order chi connectivity index (χ1) is 9.50. The summed E-state index contributed by atoms with van der Waals surface area (Å²) in [7, 11) is 0. The van der Waals surface area contributed by atoms with Crippen LogP contribution in [0.15, 0.2) is 18.2 Å². The number of amides is 1. The van der Waals surface area contributed by atoms with Crippen molar-refractivity contribution >= 4 is 11.6 Å². The molecule has 0 spiro atoms. The summed E-state index contributed by atoms with van der Waals surface area (Å²) < 4.78 is 5.31. The van der Waals surface area contributed by atoms with Gasteiger partial charge in [-0.05, 0) is 31.0 Å². The summed E-state index contributed by atoms with van der Waals surface area (Å²) >= 11 is 0. The minimum absolute atomic E-state index is 0.0739. The maximum absolute atomic E-state index is 11.3. The van der Waals surface area contributed by atoms with E-state index in [0.717, 1.165) is 18.4 Å². The standard InChI is InChI=1S/C15H22N2O3/c1-3-6-15(2,19)10-16-8-11-4-5-13-12(7-11)17-14(18)9-20-13/h4-5,7,16,19H,3,6,8-10H2,1-2H3,(H,17,18). The molecule has 1 aromatic carbocycles. The van der Waals surface area contributed by atoms with Crippen LogP contribution in [0, 0.1) is 0 Å². The van der Waals surface area contributed by atoms with E-state index in [4.69, 9.17) is 4.74 Å². The highest BCUT2D eigenvalue weighted by Gasteiger charge is 2.19. The summed E-state index contributed by atoms with van der Waals surface area (Å²) in [5, 5.41) is 16.1. The molecule has 1 unspecified atom stereocenters. The summed E-state index contributed by atoms with van der Waals surface area (Å²) in [6, 6.07) is 5.71. The fourth-order valence-corrected chi connectivity index (χ4v) is 2.34. The number of carbonyl (C=O) groups excluding carboxylic acids is 1. The zero-order valence-corrected chi connectivity index (χ0v) is 12.0. The number of carbonyl (C=O) groups is 1. The van der Waals surface area contributed by atoms with Gasteiger partial charge in [0.2, 0.25) is 0 Å². The number of nitrogens with one attached hydrogen (secondary N) is 2. The monoisotopic (exact) mass is 278 g/mol. The second kappa shape index (κ2) is 6.24. The minimum atomic E-state index is -0.680. The van der Waals surface area contributed by atoms with E-state index in [2.05, 4.69) is 17.6 Å². The van der Waals surface area contributed by atoms with Crippen molar-refractivity contribution in [3.05, 3.63) is 23.8 Å². The molecule has 0 saturated carbocycles. The van der Waals surface area contributed by atoms with Crippen LogP contribution >= 0.6 is 0 Å². The van der Waals surface area contributed by atoms with Crippen LogP contribution in [0.5, 0.6) is 5.75 Å². The van der Waals surface area contributed by atoms with Crippen molar-refractivity contribution in [2.24, 2.45) is 0 Å². The fourth-order valence-electron chi connectivity index (χ4n) is 2.34. The Morgan fingerprint density at radius 1 is 1.50 bits per heavy atom. The van der Waals surface area contributed by atoms with Crippen LogP contribution in [0.1, 0.15) is 32.3 Å². The van der Waals surface area contributed by atoms with Gasteiger partial charge < -0.3 is 20.5 Å². The van der Waals surface area contributed by atoms with E-state index < -0.39 is 5.60 Å². The molecule has 1 amide bonds. The van der Waals surface area contributed by atoms with Crippen molar-refractivity contribution in [2.45, 2.75) is 38.8 Å². The summed E-state index contributed by atoms with van der Waals surface area (Å²) in [6.45, 7) is 5.15. The summed E-state index contributed by atoms with van der Waals surface area (Å²) in [4.78, 5) is 11.3. The summed E-state index contributed by atoms with van der Waals surface area (Å²) in [6.07, 6.45) is 1.73. The second-order valence-corrected chi connectivity index (χ2v) is 5.52. The van der Waals surface area contributed by atoms with E-state index in [1.54, 1.807) is 0 Å². The topological polar surface area (TPSA) is 70.6 Å². The van der Waals surface area contributed by atoms with Crippen molar-refractivity contribution in [1.29, 1.82) is 0 Å². The minimum Gasteiger partial charge on any atom is -0.482 e. The van der Waals surface area contributed by atoms with Gasteiger partial charge in [0.25, 0.3) is 5.91 Å². The van der Waals surface area contributed by atoms with Crippen LogP contribution in [-0.4, -0.2) is 29.8 Å². The molecule has 1 aliphatic heterocycles. The lowest BCUT2D eigenvalue weighted by Crippen LogP contribution is -2.37. The number of ether oxygens (including phenoxy) is 1. The highest BCUT2D eigenvalue weighted by atomic mass is 16.5. The highest BCUT2D eigenvalue weighted by Crippen LogP contribution is 2.28. The Kier molecular flexibility index (Phi) is 4.62. The zero-order chi connectivity index (χ0) is 14.6. The highest BCUT2D eigenvalue weighted by molar-refractivity contribution is 5.95. The van der Waals surface area contributed by atoms with E-state index >= 15 is 0 Å². The quantitative estimate of drug-likeness (QED) is 0.740. The largest absolute Gasteiger partial charge is 0.482 e. The number of benzene rings is 1. The third-order valence-electron chi connectivity index (χ3n) is 3.30. The van der Waals surface area contributed by atoms with E-state index in [1.165, 1.54) is 0 Å². The molecule has 0 saturated heterocycles. The maximum atomic E-state index is 11.3. The average molecular weight is 278 g/mol. The normalized spacial score (nSPS) is 16.9. The predicted octanol–water partition coefficient (Wildman–Crippen LogP) is 1.66. The first kappa shape index (κ1) is 14.8. The molecule has 0 aromatic heterocycles. The third-order valence-corrected chi connectivity index (χ3v) is 3.30. The van der Waals surface area contributed by atoms with E-state index in [-0.39, 0.29) is 12.5 Å². The number of fused-ring (bicyclic) bond motifs is 1. The molecule has 0 bridgehead atoms. The van der Waals surface area contributed by atoms with E-state index in [0.29, 0.717) is 24.5 Å². The third kappa shape index (κ3) is 3.95. The van der Waals surface area contributed by atoms with Gasteiger partial charge in [-0.15, -0.1) is 0 Å². The first-order valence-electron chi connectivity index (χ1n) is 6.99. The van der Waals surface area contributed by atoms with Crippen molar-refractivity contribution in [3.8, 4) is 5.75 Å². The number of anilines is 1. The van der Waals surface area contributed by atoms with Crippen molar-refractivity contribution < 1.29 is 14.6 Å². The van der Waals surface area contributed by atoms with Crippen LogP contribution in [0.2, 0.25) is 0 Å². The molecular formula is C15H22N2O3. The van der Waals surface area contributed by atoms with Gasteiger partial charge in [-0.25, -0.2) is 0 Å². The van der Waals surface area contributed by atoms with Gasteiger partial charge in [-0.3, -0.25) is 4.79 Å². The molecule has 20 heavy (non-hydrogen) atoms. The number of aliphatic hydroxyl groups is 1. The van der Waals surface area contributed by atoms with Gasteiger partial charge in [0, 0.05) is 13.1 Å². The number of hydrogen-bond donors (Lipinski definition) is 3. The van der Waals surface area contributed by atoms with Crippen LogP contribution in [0.25, 0.3) is 0 Å². The Morgan fingerprint density at radius 2 is 2.30 bits per heavy atom. The lowest BCUT2D eigenvalue weighted by molar-refractivity contribution is -0.118. The van der Waals surface area contributed by atoms with Gasteiger partial charge >= 0.3 is 0 Å². The van der Waals surface area contributed by atoms with Crippen molar-refractivity contribution in [2.75, 3.05) is 18.5 Å². The van der Waals surface area contributed by atoms with Crippen LogP contribution in [-0.2, 0) is 11.3 Å². The molecular weight excluding hydrogens is 256 g/mol. The molecule has 5 heteroatoms. The lowest BCUT2D eigenvalue weighted by Gasteiger charge is -2.23. The van der Waals surface area contributed by atoms with Gasteiger partial charge in [-0.2, -0.15) is 0 Å². The maximum Gasteiger partial charge on any atom is 0.262 e. The van der Waals surface area contributed by atoms with Gasteiger partial charge in [0.05, 0.1) is 11.3 Å². The Morgan fingerprint density at radius 3 is 3.05 bits per heavy atom. The summed E-state index contributed by atoms with van der Waals surface area (Å²) in [5.74, 6) is 0.569. The Hall–Kier alpha value is -1.59. The van der Waals surface area contributed by atoms with Crippen molar-refractivity contribution in [1.82, 2.24) is 5.32 Å². The van der Waals surface area contributed by atoms with E-state index in [1.807, 2.05) is 25.1 Å². The molecule has 0 aliphatic carbocycles. The number of hydrogen-bond acceptors (Lipinski definition) is 4. The van der Waals surface area contributed by atoms with Gasteiger partial charge in [-0.1, -0.05) is 19.4 Å².